The first-order valence-electron chi connectivity index (χ1n) is 8.97. The number of benzene rings is 1. The lowest BCUT2D eigenvalue weighted by Crippen LogP contribution is -2.43. The predicted octanol–water partition coefficient (Wildman–Crippen LogP) is 2.71. The molecule has 26 heavy (non-hydrogen) atoms. The Morgan fingerprint density at radius 2 is 2.19 bits per heavy atom. The van der Waals surface area contributed by atoms with Crippen molar-refractivity contribution in [3.63, 3.8) is 0 Å². The van der Waals surface area contributed by atoms with Crippen molar-refractivity contribution in [2.45, 2.75) is 32.9 Å². The van der Waals surface area contributed by atoms with Crippen LogP contribution in [0.25, 0.3) is 21.3 Å². The molecule has 0 radical (unpaired) electrons. The Morgan fingerprint density at radius 1 is 1.35 bits per heavy atom. The van der Waals surface area contributed by atoms with E-state index in [1.807, 2.05) is 5.38 Å². The van der Waals surface area contributed by atoms with Gasteiger partial charge >= 0.3 is 0 Å². The van der Waals surface area contributed by atoms with Crippen LogP contribution in [0.2, 0.25) is 0 Å². The van der Waals surface area contributed by atoms with Crippen molar-refractivity contribution in [1.29, 1.82) is 0 Å². The lowest BCUT2D eigenvalue weighted by molar-refractivity contribution is 0.0717. The zero-order valence-corrected chi connectivity index (χ0v) is 15.8. The van der Waals surface area contributed by atoms with Crippen LogP contribution in [0.5, 0.6) is 0 Å². The SMILES string of the molecule is Cc1ccc(C)c(-c2csc3ncn(C[C@@H]4CCNC[C@H]4O)c(=O)c23)c1. The summed E-state index contributed by atoms with van der Waals surface area (Å²) in [6, 6.07) is 6.31. The normalized spacial score (nSPS) is 20.6. The van der Waals surface area contributed by atoms with Crippen LogP contribution in [0, 0.1) is 19.8 Å². The first-order valence-corrected chi connectivity index (χ1v) is 9.85. The Labute approximate surface area is 156 Å². The Kier molecular flexibility index (Phi) is 4.65. The highest BCUT2D eigenvalue weighted by Crippen LogP contribution is 2.33. The number of piperidine rings is 1. The summed E-state index contributed by atoms with van der Waals surface area (Å²) in [5, 5.41) is 16.1. The van der Waals surface area contributed by atoms with Crippen LogP contribution in [-0.4, -0.2) is 33.9 Å². The van der Waals surface area contributed by atoms with Gasteiger partial charge in [0, 0.05) is 30.0 Å². The fraction of sp³-hybridized carbons (Fsp3) is 0.400. The fourth-order valence-corrected chi connectivity index (χ4v) is 4.58. The zero-order chi connectivity index (χ0) is 18.3. The van der Waals surface area contributed by atoms with E-state index in [4.69, 9.17) is 0 Å². The van der Waals surface area contributed by atoms with Crippen molar-refractivity contribution in [1.82, 2.24) is 14.9 Å². The molecule has 0 saturated carbocycles. The second-order valence-electron chi connectivity index (χ2n) is 7.17. The standard InChI is InChI=1S/C20H23N3O2S/c1-12-3-4-13(2)15(7-12)16-10-26-19-18(16)20(25)23(11-22-19)9-14-5-6-21-8-17(14)24/h3-4,7,10-11,14,17,21,24H,5-6,8-9H2,1-2H3/t14-,17+/m0/s1. The number of β-amino-alcohol motifs (C(OH)–C–C–N with tert-alkyl or cyclic N) is 1. The molecule has 0 unspecified atom stereocenters. The smallest absolute Gasteiger partial charge is 0.262 e. The van der Waals surface area contributed by atoms with Gasteiger partial charge in [-0.15, -0.1) is 11.3 Å². The maximum Gasteiger partial charge on any atom is 0.262 e. The quantitative estimate of drug-likeness (QED) is 0.745. The lowest BCUT2D eigenvalue weighted by atomic mass is 9.95. The van der Waals surface area contributed by atoms with Crippen molar-refractivity contribution < 1.29 is 5.11 Å². The van der Waals surface area contributed by atoms with Crippen molar-refractivity contribution >= 4 is 21.6 Å². The summed E-state index contributed by atoms with van der Waals surface area (Å²) in [6.07, 6.45) is 2.06. The monoisotopic (exact) mass is 369 g/mol. The molecule has 5 nitrogen and oxygen atoms in total. The Balaban J connectivity index is 1.80. The Hall–Kier alpha value is -2.02. The molecule has 136 valence electrons. The predicted molar refractivity (Wildman–Crippen MR) is 106 cm³/mol. The molecule has 0 bridgehead atoms. The topological polar surface area (TPSA) is 67.2 Å². The highest BCUT2D eigenvalue weighted by atomic mass is 32.1. The van der Waals surface area contributed by atoms with Crippen LogP contribution >= 0.6 is 11.3 Å². The van der Waals surface area contributed by atoms with E-state index in [0.29, 0.717) is 18.5 Å². The first-order chi connectivity index (χ1) is 12.5. The summed E-state index contributed by atoms with van der Waals surface area (Å²) >= 11 is 1.51. The molecule has 1 aliphatic rings. The second kappa shape index (κ2) is 6.95. The summed E-state index contributed by atoms with van der Waals surface area (Å²) in [4.78, 5) is 18.5. The number of hydrogen-bond donors (Lipinski definition) is 2. The highest BCUT2D eigenvalue weighted by Gasteiger charge is 2.24. The molecule has 1 saturated heterocycles. The summed E-state index contributed by atoms with van der Waals surface area (Å²) in [5.74, 6) is 0.0796. The van der Waals surface area contributed by atoms with E-state index < -0.39 is 6.10 Å². The third-order valence-corrected chi connectivity index (χ3v) is 6.15. The van der Waals surface area contributed by atoms with Crippen LogP contribution < -0.4 is 10.9 Å². The van der Waals surface area contributed by atoms with Crippen LogP contribution in [0.1, 0.15) is 17.5 Å². The minimum Gasteiger partial charge on any atom is -0.391 e. The molecule has 3 heterocycles. The van der Waals surface area contributed by atoms with Gasteiger partial charge in [-0.05, 0) is 37.9 Å². The Morgan fingerprint density at radius 3 is 3.00 bits per heavy atom. The van der Waals surface area contributed by atoms with E-state index >= 15 is 0 Å². The molecule has 0 spiro atoms. The van der Waals surface area contributed by atoms with E-state index in [2.05, 4.69) is 42.3 Å². The minimum absolute atomic E-state index is 0.0158. The van der Waals surface area contributed by atoms with E-state index in [1.54, 1.807) is 10.9 Å². The summed E-state index contributed by atoms with van der Waals surface area (Å²) in [7, 11) is 0. The largest absolute Gasteiger partial charge is 0.391 e. The van der Waals surface area contributed by atoms with Crippen molar-refractivity contribution in [2.24, 2.45) is 5.92 Å². The summed E-state index contributed by atoms with van der Waals surface area (Å²) in [6.45, 7) is 6.09. The molecule has 4 rings (SSSR count). The molecule has 2 aromatic heterocycles. The van der Waals surface area contributed by atoms with Gasteiger partial charge in [0.1, 0.15) is 4.83 Å². The van der Waals surface area contributed by atoms with E-state index in [-0.39, 0.29) is 11.5 Å². The van der Waals surface area contributed by atoms with E-state index in [1.165, 1.54) is 16.9 Å². The highest BCUT2D eigenvalue weighted by molar-refractivity contribution is 7.17. The molecule has 0 aliphatic carbocycles. The number of aliphatic hydroxyl groups excluding tert-OH is 1. The molecule has 1 aromatic carbocycles. The van der Waals surface area contributed by atoms with Gasteiger partial charge in [-0.3, -0.25) is 9.36 Å². The third kappa shape index (κ3) is 3.09. The van der Waals surface area contributed by atoms with Crippen LogP contribution in [-0.2, 0) is 6.54 Å². The second-order valence-corrected chi connectivity index (χ2v) is 8.03. The van der Waals surface area contributed by atoms with Gasteiger partial charge in [0.25, 0.3) is 5.56 Å². The van der Waals surface area contributed by atoms with Gasteiger partial charge in [-0.2, -0.15) is 0 Å². The number of aromatic nitrogens is 2. The van der Waals surface area contributed by atoms with Crippen LogP contribution in [0.15, 0.2) is 34.7 Å². The number of rotatable bonds is 3. The van der Waals surface area contributed by atoms with Crippen molar-refractivity contribution in [3.8, 4) is 11.1 Å². The maximum atomic E-state index is 13.2. The molecule has 0 amide bonds. The van der Waals surface area contributed by atoms with Gasteiger partial charge in [0.2, 0.25) is 0 Å². The molecular formula is C20H23N3O2S. The average molecular weight is 369 g/mol. The molecule has 2 N–H and O–H groups in total. The number of aliphatic hydroxyl groups is 1. The lowest BCUT2D eigenvalue weighted by Gasteiger charge is -2.28. The molecular weight excluding hydrogens is 346 g/mol. The van der Waals surface area contributed by atoms with Crippen LogP contribution in [0.4, 0.5) is 0 Å². The van der Waals surface area contributed by atoms with Crippen LogP contribution in [0.3, 0.4) is 0 Å². The first kappa shape index (κ1) is 17.4. The zero-order valence-electron chi connectivity index (χ0n) is 15.0. The van der Waals surface area contributed by atoms with E-state index in [0.717, 1.165) is 34.5 Å². The summed E-state index contributed by atoms with van der Waals surface area (Å²) in [5.41, 5.74) is 4.36. The number of hydrogen-bond acceptors (Lipinski definition) is 5. The van der Waals surface area contributed by atoms with Gasteiger partial charge in [-0.25, -0.2) is 4.98 Å². The van der Waals surface area contributed by atoms with Crippen molar-refractivity contribution in [3.05, 3.63) is 51.4 Å². The van der Waals surface area contributed by atoms with Gasteiger partial charge in [-0.1, -0.05) is 23.8 Å². The van der Waals surface area contributed by atoms with Gasteiger partial charge in [0.05, 0.1) is 17.8 Å². The average Bonchev–Trinajstić information content (AvgIpc) is 3.06. The molecule has 3 aromatic rings. The number of nitrogens with zero attached hydrogens (tertiary/aromatic N) is 2. The summed E-state index contributed by atoms with van der Waals surface area (Å²) < 4.78 is 1.67. The fourth-order valence-electron chi connectivity index (χ4n) is 3.68. The van der Waals surface area contributed by atoms with E-state index in [9.17, 15) is 9.90 Å². The number of fused-ring (bicyclic) bond motifs is 1. The third-order valence-electron chi connectivity index (χ3n) is 5.26. The molecule has 6 heteroatoms. The molecule has 2 atom stereocenters. The van der Waals surface area contributed by atoms with Gasteiger partial charge < -0.3 is 10.4 Å². The minimum atomic E-state index is -0.424. The maximum absolute atomic E-state index is 13.2. The number of nitrogens with one attached hydrogen (secondary N) is 1. The van der Waals surface area contributed by atoms with Crippen molar-refractivity contribution in [2.75, 3.05) is 13.1 Å². The molecule has 1 aliphatic heterocycles. The molecule has 1 fully saturated rings. The van der Waals surface area contributed by atoms with Gasteiger partial charge in [0.15, 0.2) is 0 Å². The number of thiophene rings is 1. The Bertz CT molecular complexity index is 1010. The number of aryl methyl sites for hydroxylation is 2.